The van der Waals surface area contributed by atoms with Gasteiger partial charge in [0.1, 0.15) is 5.60 Å². The van der Waals surface area contributed by atoms with Crippen molar-refractivity contribution in [3.8, 4) is 0 Å². The van der Waals surface area contributed by atoms with Gasteiger partial charge in [-0.1, -0.05) is 40.0 Å². The molecule has 0 atom stereocenters. The Labute approximate surface area is 131 Å². The number of ether oxygens (including phenoxy) is 1. The molecule has 1 aliphatic carbocycles. The van der Waals surface area contributed by atoms with Crippen molar-refractivity contribution in [1.82, 2.24) is 4.90 Å². The summed E-state index contributed by atoms with van der Waals surface area (Å²) in [6, 6.07) is 0. The molecule has 21 heavy (non-hydrogen) atoms. The van der Waals surface area contributed by atoms with E-state index in [9.17, 15) is 4.79 Å². The van der Waals surface area contributed by atoms with Gasteiger partial charge in [0.15, 0.2) is 0 Å². The van der Waals surface area contributed by atoms with Crippen LogP contribution in [0.5, 0.6) is 0 Å². The van der Waals surface area contributed by atoms with E-state index in [0.29, 0.717) is 0 Å². The molecule has 0 aromatic carbocycles. The van der Waals surface area contributed by atoms with Crippen LogP contribution in [0.4, 0.5) is 4.79 Å². The molecule has 1 N–H and O–H groups in total. The smallest absolute Gasteiger partial charge is 0.410 e. The van der Waals surface area contributed by atoms with Gasteiger partial charge in [-0.05, 0) is 39.5 Å². The summed E-state index contributed by atoms with van der Waals surface area (Å²) < 4.78 is 5.30. The van der Waals surface area contributed by atoms with Gasteiger partial charge in [0.2, 0.25) is 0 Å². The summed E-state index contributed by atoms with van der Waals surface area (Å²) in [5.74, 6) is 0.744. The summed E-state index contributed by atoms with van der Waals surface area (Å²) in [7, 11) is 1.00. The first-order valence-electron chi connectivity index (χ1n) is 8.31. The molecule has 1 saturated carbocycles. The third-order valence-electron chi connectivity index (χ3n) is 2.79. The lowest BCUT2D eigenvalue weighted by molar-refractivity contribution is 0.0190. The van der Waals surface area contributed by atoms with Crippen LogP contribution in [-0.4, -0.2) is 41.9 Å². The van der Waals surface area contributed by atoms with Crippen molar-refractivity contribution in [3.05, 3.63) is 0 Å². The Balaban J connectivity index is 0. The van der Waals surface area contributed by atoms with Crippen LogP contribution in [-0.2, 0) is 4.74 Å². The number of carbonyl (C=O) groups excluding carboxylic acids is 1. The van der Waals surface area contributed by atoms with Crippen molar-refractivity contribution in [2.45, 2.75) is 79.2 Å². The third-order valence-corrected chi connectivity index (χ3v) is 2.79. The number of aliphatic hydroxyl groups excluding tert-OH is 1. The Bertz CT molecular complexity index is 236. The Morgan fingerprint density at radius 2 is 1.43 bits per heavy atom. The molecule has 2 fully saturated rings. The Morgan fingerprint density at radius 3 is 1.71 bits per heavy atom. The summed E-state index contributed by atoms with van der Waals surface area (Å²) in [5, 5.41) is 7.00. The van der Waals surface area contributed by atoms with E-state index < -0.39 is 0 Å². The van der Waals surface area contributed by atoms with Crippen LogP contribution < -0.4 is 0 Å². The fraction of sp³-hybridized carbons (Fsp3) is 0.941. The summed E-state index contributed by atoms with van der Waals surface area (Å²) >= 11 is 0. The highest BCUT2D eigenvalue weighted by molar-refractivity contribution is 5.68. The average Bonchev–Trinajstić information content (AvgIpc) is 3.30. The maximum Gasteiger partial charge on any atom is 0.410 e. The molecular formula is C17H37NO3. The topological polar surface area (TPSA) is 49.8 Å². The zero-order valence-electron chi connectivity index (χ0n) is 15.2. The number of rotatable bonds is 0. The first-order valence-corrected chi connectivity index (χ1v) is 8.31. The molecular weight excluding hydrogens is 266 g/mol. The van der Waals surface area contributed by atoms with E-state index in [1.807, 2.05) is 39.5 Å². The number of hydrogen-bond acceptors (Lipinski definition) is 3. The van der Waals surface area contributed by atoms with Crippen LogP contribution in [0.1, 0.15) is 73.6 Å². The normalized spacial score (nSPS) is 17.0. The summed E-state index contributed by atoms with van der Waals surface area (Å²) in [6.07, 6.45) is 6.53. The Hall–Kier alpha value is -0.770. The molecule has 4 nitrogen and oxygen atoms in total. The van der Waals surface area contributed by atoms with Gasteiger partial charge in [0.25, 0.3) is 0 Å². The number of carbonyl (C=O) groups is 1. The summed E-state index contributed by atoms with van der Waals surface area (Å²) in [6.45, 7) is 13.6. The minimum Gasteiger partial charge on any atom is -0.444 e. The van der Waals surface area contributed by atoms with Gasteiger partial charge in [-0.3, -0.25) is 0 Å². The molecule has 2 rings (SSSR count). The lowest BCUT2D eigenvalue weighted by Gasteiger charge is -2.32. The standard InChI is InChI=1S/C11H21NO2.C3H6.C2H6.CH4O/c1-9-5-7-12(8-6-9)10(13)14-11(2,3)4;1-2-3-1;2*1-2/h9H,5-8H2,1-4H3;1-3H2;1-2H3;2H,1H3. The van der Waals surface area contributed by atoms with E-state index in [4.69, 9.17) is 9.84 Å². The van der Waals surface area contributed by atoms with Crippen molar-refractivity contribution in [2.75, 3.05) is 20.2 Å². The highest BCUT2D eigenvalue weighted by atomic mass is 16.6. The van der Waals surface area contributed by atoms with Gasteiger partial charge in [-0.15, -0.1) is 0 Å². The highest BCUT2D eigenvalue weighted by Crippen LogP contribution is 2.18. The SMILES string of the molecule is C1CC1.CC.CC1CCN(C(=O)OC(C)(C)C)CC1.CO. The molecule has 0 aromatic rings. The summed E-state index contributed by atoms with van der Waals surface area (Å²) in [4.78, 5) is 13.4. The molecule has 1 aliphatic heterocycles. The van der Waals surface area contributed by atoms with Crippen molar-refractivity contribution >= 4 is 6.09 Å². The first kappa shape index (κ1) is 22.5. The fourth-order valence-corrected chi connectivity index (χ4v) is 1.52. The molecule has 0 unspecified atom stereocenters. The van der Waals surface area contributed by atoms with Crippen LogP contribution in [0.25, 0.3) is 0 Å². The number of piperidine rings is 1. The van der Waals surface area contributed by atoms with Gasteiger partial charge in [0.05, 0.1) is 0 Å². The molecule has 1 amide bonds. The lowest BCUT2D eigenvalue weighted by Crippen LogP contribution is -2.41. The second-order valence-electron chi connectivity index (χ2n) is 6.21. The highest BCUT2D eigenvalue weighted by Gasteiger charge is 2.25. The van der Waals surface area contributed by atoms with E-state index >= 15 is 0 Å². The van der Waals surface area contributed by atoms with Gasteiger partial charge < -0.3 is 14.7 Å². The molecule has 128 valence electrons. The Kier molecular flexibility index (Phi) is 13.9. The number of hydrogen-bond donors (Lipinski definition) is 1. The van der Waals surface area contributed by atoms with Gasteiger partial charge >= 0.3 is 6.09 Å². The zero-order valence-corrected chi connectivity index (χ0v) is 15.2. The van der Waals surface area contributed by atoms with E-state index in [0.717, 1.165) is 39.0 Å². The largest absolute Gasteiger partial charge is 0.444 e. The van der Waals surface area contributed by atoms with Crippen LogP contribution in [0.3, 0.4) is 0 Å². The molecule has 1 heterocycles. The molecule has 0 spiro atoms. The molecule has 0 aromatic heterocycles. The summed E-state index contributed by atoms with van der Waals surface area (Å²) in [5.41, 5.74) is -0.375. The fourth-order valence-electron chi connectivity index (χ4n) is 1.52. The van der Waals surface area contributed by atoms with Crippen molar-refractivity contribution in [1.29, 1.82) is 0 Å². The minimum absolute atomic E-state index is 0.163. The monoisotopic (exact) mass is 303 g/mol. The van der Waals surface area contributed by atoms with Crippen LogP contribution in [0.15, 0.2) is 0 Å². The van der Waals surface area contributed by atoms with Crippen molar-refractivity contribution in [2.24, 2.45) is 5.92 Å². The molecule has 1 saturated heterocycles. The minimum atomic E-state index is -0.375. The zero-order chi connectivity index (χ0) is 16.9. The third kappa shape index (κ3) is 15.4. The van der Waals surface area contributed by atoms with E-state index in [-0.39, 0.29) is 11.7 Å². The lowest BCUT2D eigenvalue weighted by atomic mass is 10.00. The first-order chi connectivity index (χ1) is 9.88. The average molecular weight is 303 g/mol. The van der Waals surface area contributed by atoms with Crippen LogP contribution >= 0.6 is 0 Å². The molecule has 0 radical (unpaired) electrons. The predicted molar refractivity (Wildman–Crippen MR) is 89.5 cm³/mol. The van der Waals surface area contributed by atoms with Crippen molar-refractivity contribution in [3.63, 3.8) is 0 Å². The number of nitrogens with zero attached hydrogens (tertiary/aromatic N) is 1. The van der Waals surface area contributed by atoms with Gasteiger partial charge in [-0.25, -0.2) is 4.79 Å². The van der Waals surface area contributed by atoms with E-state index in [2.05, 4.69) is 6.92 Å². The van der Waals surface area contributed by atoms with Gasteiger partial charge in [0, 0.05) is 20.2 Å². The van der Waals surface area contributed by atoms with E-state index in [1.54, 1.807) is 0 Å². The predicted octanol–water partition coefficient (Wildman–Crippen LogP) is 4.46. The van der Waals surface area contributed by atoms with Crippen molar-refractivity contribution < 1.29 is 14.6 Å². The maximum absolute atomic E-state index is 11.6. The van der Waals surface area contributed by atoms with E-state index in [1.165, 1.54) is 19.3 Å². The van der Waals surface area contributed by atoms with Crippen LogP contribution in [0, 0.1) is 5.92 Å². The molecule has 2 aliphatic rings. The van der Waals surface area contributed by atoms with Gasteiger partial charge in [-0.2, -0.15) is 0 Å². The number of amides is 1. The molecule has 0 bridgehead atoms. The Morgan fingerprint density at radius 1 is 1.05 bits per heavy atom. The second kappa shape index (κ2) is 12.9. The second-order valence-corrected chi connectivity index (χ2v) is 6.21. The number of likely N-dealkylation sites (tertiary alicyclic amines) is 1. The molecule has 4 heteroatoms. The quantitative estimate of drug-likeness (QED) is 0.719. The number of aliphatic hydroxyl groups is 1. The van der Waals surface area contributed by atoms with Crippen LogP contribution in [0.2, 0.25) is 0 Å². The maximum atomic E-state index is 11.6.